The van der Waals surface area contributed by atoms with Crippen LogP contribution in [0, 0.1) is 0 Å². The maximum Gasteiger partial charge on any atom is 0.558 e. The van der Waals surface area contributed by atoms with E-state index < -0.39 is 62.3 Å². The van der Waals surface area contributed by atoms with Crippen molar-refractivity contribution in [3.05, 3.63) is 182 Å². The minimum absolute atomic E-state index is 0.0852. The van der Waals surface area contributed by atoms with Gasteiger partial charge in [0.15, 0.2) is 0 Å². The molecule has 2 aliphatic heterocycles. The third-order valence-corrected chi connectivity index (χ3v) is 32.4. The fraction of sp³-hybridized carbons (Fsp3) is 0.0526. The van der Waals surface area contributed by atoms with Crippen molar-refractivity contribution in [1.82, 2.24) is 0 Å². The first-order valence-corrected chi connectivity index (χ1v) is 30.4. The summed E-state index contributed by atoms with van der Waals surface area (Å²) >= 11 is 0. The van der Waals surface area contributed by atoms with Gasteiger partial charge in [-0.2, -0.15) is 0 Å². The highest BCUT2D eigenvalue weighted by Crippen LogP contribution is 2.36. The van der Waals surface area contributed by atoms with Gasteiger partial charge in [-0.3, -0.25) is 15.8 Å². The van der Waals surface area contributed by atoms with Crippen LogP contribution in [0.3, 0.4) is 0 Å². The molecule has 14 nitrogen and oxygen atoms in total. The van der Waals surface area contributed by atoms with Gasteiger partial charge >= 0.3 is 53.3 Å². The van der Waals surface area contributed by atoms with Gasteiger partial charge in [0.1, 0.15) is 0 Å². The third kappa shape index (κ3) is 8.48. The molecule has 0 saturated carbocycles. The lowest BCUT2D eigenvalue weighted by Gasteiger charge is -2.50. The van der Waals surface area contributed by atoms with Crippen molar-refractivity contribution < 1.29 is 62.7 Å². The van der Waals surface area contributed by atoms with Gasteiger partial charge in [-0.05, 0) is 11.7 Å². The molecular weight excluding hydrogens is 877 g/mol. The van der Waals surface area contributed by atoms with Crippen molar-refractivity contribution in [3.8, 4) is 0 Å². The van der Waals surface area contributed by atoms with Crippen LogP contribution in [0.15, 0.2) is 182 Å². The molecule has 5 unspecified atom stereocenters. The molecule has 2 heterocycles. The number of rotatable bonds is 11. The van der Waals surface area contributed by atoms with Gasteiger partial charge in [0.25, 0.3) is 0 Å². The third-order valence-electron chi connectivity index (χ3n) is 9.31. The minimum Gasteiger partial charge on any atom is -0.410 e. The Labute approximate surface area is 349 Å². The second-order valence-corrected chi connectivity index (χ2v) is 31.1. The molecule has 3 N–H and O–H groups in total. The molecule has 8 rings (SSSR count). The Hall–Kier alpha value is -3.72. The van der Waals surface area contributed by atoms with Crippen LogP contribution in [0.4, 0.5) is 0 Å². The van der Waals surface area contributed by atoms with E-state index in [2.05, 4.69) is 0 Å². The monoisotopic (exact) mass is 914 g/mol. The van der Waals surface area contributed by atoms with Crippen molar-refractivity contribution in [3.63, 3.8) is 0 Å². The lowest BCUT2D eigenvalue weighted by atomic mass is 10.4. The Kier molecular flexibility index (Phi) is 12.9. The van der Waals surface area contributed by atoms with Crippen LogP contribution in [0.2, 0.25) is 6.55 Å². The van der Waals surface area contributed by atoms with Crippen LogP contribution in [-0.4, -0.2) is 84.3 Å². The Morgan fingerprint density at radius 2 is 0.847 bits per heavy atom. The molecule has 0 spiro atoms. The molecule has 2 fully saturated rings. The first kappa shape index (κ1) is 42.0. The van der Waals surface area contributed by atoms with E-state index in [9.17, 15) is 15.8 Å². The molecule has 21 heteroatoms. The Morgan fingerprint density at radius 3 is 1.32 bits per heavy atom. The molecule has 2 bridgehead atoms. The highest BCUT2D eigenvalue weighted by atomic mass is 28.6. The molecule has 6 aromatic carbocycles. The minimum atomic E-state index is -4.97. The van der Waals surface area contributed by atoms with Crippen molar-refractivity contribution in [2.45, 2.75) is 6.55 Å². The van der Waals surface area contributed by atoms with Crippen molar-refractivity contribution in [1.29, 1.82) is 0 Å². The zero-order chi connectivity index (χ0) is 40.8. The fourth-order valence-electron chi connectivity index (χ4n) is 6.59. The molecule has 6 aromatic rings. The van der Waals surface area contributed by atoms with Crippen molar-refractivity contribution in [2.75, 3.05) is 6.23 Å². The van der Waals surface area contributed by atoms with E-state index in [1.54, 1.807) is 152 Å². The van der Waals surface area contributed by atoms with Crippen molar-refractivity contribution >= 4 is 93.5 Å². The standard InChI is InChI=1S/C38H38O14Si7/c1-53-32-42-55(44-40,34-22-10-3-11-23-34)48-59(38-30-18-7-19-31-38)50-56(45-41,35-24-12-4-13-25-35)49-58(37-28-16-6-17-29-37,47-54(43-39)33-20-8-2-9-21-33)51-57(46-53,52-59)36-26-14-5-15-27-36/h2-31,39-41H,32H2,1H3. The van der Waals surface area contributed by atoms with Gasteiger partial charge < -0.3 is 33.2 Å². The van der Waals surface area contributed by atoms with E-state index in [0.29, 0.717) is 25.9 Å². The zero-order valence-corrected chi connectivity index (χ0v) is 38.4. The highest BCUT2D eigenvalue weighted by molar-refractivity contribution is 7.05. The largest absolute Gasteiger partial charge is 0.558 e. The summed E-state index contributed by atoms with van der Waals surface area (Å²) in [4.78, 5) is 0. The summed E-state index contributed by atoms with van der Waals surface area (Å²) < 4.78 is 74.1. The number of benzene rings is 6. The van der Waals surface area contributed by atoms with E-state index >= 15 is 0 Å². The Morgan fingerprint density at radius 1 is 0.458 bits per heavy atom. The summed E-state index contributed by atoms with van der Waals surface area (Å²) in [6.07, 6.45) is -0.0852. The molecule has 5 atom stereocenters. The predicted molar refractivity (Wildman–Crippen MR) is 227 cm³/mol. The second kappa shape index (κ2) is 18.1. The SMILES string of the molecule is C[Si]1CO[Si](OO)(c2ccccc2)O[Si]2(c3ccccc3)O[Si](OO)(c3ccccc3)O[Si](O[Si](OO)c3ccccc3)(c3ccccc3)O[Si](c3ccccc3)(O1)O2. The van der Waals surface area contributed by atoms with E-state index in [0.717, 1.165) is 0 Å². The summed E-state index contributed by atoms with van der Waals surface area (Å²) in [5.41, 5.74) is 0. The Bertz CT molecular complexity index is 2250. The van der Waals surface area contributed by atoms with Crippen LogP contribution >= 0.6 is 0 Å². The van der Waals surface area contributed by atoms with Crippen molar-refractivity contribution in [2.24, 2.45) is 0 Å². The molecule has 2 radical (unpaired) electrons. The average Bonchev–Trinajstić information content (AvgIpc) is 3.35. The predicted octanol–water partition coefficient (Wildman–Crippen LogP) is 2.40. The quantitative estimate of drug-likeness (QED) is 0.0988. The highest BCUT2D eigenvalue weighted by Gasteiger charge is 2.74. The van der Waals surface area contributed by atoms with Gasteiger partial charge in [-0.25, -0.2) is 13.7 Å². The molecular formula is C38H38O14Si7. The number of fused-ring (bicyclic) bond motifs is 2. The van der Waals surface area contributed by atoms with E-state index in [1.807, 2.05) is 36.9 Å². The summed E-state index contributed by atoms with van der Waals surface area (Å²) in [6, 6.07) is 52.9. The Balaban J connectivity index is 1.48. The smallest absolute Gasteiger partial charge is 0.410 e. The normalized spacial score (nSPS) is 27.8. The van der Waals surface area contributed by atoms with Crippen LogP contribution in [0.5, 0.6) is 0 Å². The van der Waals surface area contributed by atoms with E-state index in [4.69, 9.17) is 47.0 Å². The maximum atomic E-state index is 11.5. The lowest BCUT2D eigenvalue weighted by molar-refractivity contribution is -0.191. The molecule has 0 aliphatic carbocycles. The van der Waals surface area contributed by atoms with Crippen LogP contribution in [0.25, 0.3) is 0 Å². The second-order valence-electron chi connectivity index (χ2n) is 13.2. The summed E-state index contributed by atoms with van der Waals surface area (Å²) in [5.74, 6) is 0. The first-order valence-electron chi connectivity index (χ1n) is 18.3. The van der Waals surface area contributed by atoms with Gasteiger partial charge in [0.2, 0.25) is 9.04 Å². The lowest BCUT2D eigenvalue weighted by Crippen LogP contribution is -2.84. The van der Waals surface area contributed by atoms with Gasteiger partial charge in [-0.1, -0.05) is 182 Å². The number of hydrogen-bond donors (Lipinski definition) is 3. The summed E-state index contributed by atoms with van der Waals surface area (Å²) in [6.45, 7) is 1.86. The zero-order valence-electron chi connectivity index (χ0n) is 31.4. The molecule has 0 aromatic heterocycles. The van der Waals surface area contributed by atoms with Gasteiger partial charge in [-0.15, -0.1) is 0 Å². The summed E-state index contributed by atoms with van der Waals surface area (Å²) in [7, 11) is -28.9. The molecule has 2 aliphatic rings. The topological polar surface area (TPSA) is 162 Å². The average molecular weight is 915 g/mol. The fourth-order valence-corrected chi connectivity index (χ4v) is 34.7. The van der Waals surface area contributed by atoms with E-state index in [1.165, 1.54) is 0 Å². The maximum absolute atomic E-state index is 11.5. The molecule has 0 amide bonds. The first-order chi connectivity index (χ1) is 28.8. The summed E-state index contributed by atoms with van der Waals surface area (Å²) in [5, 5.41) is 35.5. The number of hydrogen-bond acceptors (Lipinski definition) is 14. The molecule has 302 valence electrons. The van der Waals surface area contributed by atoms with Gasteiger partial charge in [0.05, 0.1) is 6.23 Å². The van der Waals surface area contributed by atoms with Gasteiger partial charge in [0, 0.05) is 25.9 Å². The van der Waals surface area contributed by atoms with Crippen LogP contribution < -0.4 is 31.1 Å². The van der Waals surface area contributed by atoms with Crippen LogP contribution in [0.1, 0.15) is 0 Å². The molecule has 2 saturated heterocycles. The van der Waals surface area contributed by atoms with E-state index in [-0.39, 0.29) is 11.4 Å². The molecule has 59 heavy (non-hydrogen) atoms. The van der Waals surface area contributed by atoms with Crippen LogP contribution in [-0.2, 0) is 47.0 Å².